The molecule has 1 aliphatic rings. The molecule has 0 radical (unpaired) electrons. The van der Waals surface area contributed by atoms with Crippen molar-refractivity contribution in [3.63, 3.8) is 0 Å². The van der Waals surface area contributed by atoms with Gasteiger partial charge in [0.15, 0.2) is 0 Å². The van der Waals surface area contributed by atoms with E-state index in [9.17, 15) is 4.79 Å². The average molecular weight is 225 g/mol. The number of aryl methyl sites for hydroxylation is 1. The first kappa shape index (κ1) is 10.6. The molecular weight excluding hydrogens is 210 g/mol. The van der Waals surface area contributed by atoms with Crippen molar-refractivity contribution in [2.45, 2.75) is 32.4 Å². The van der Waals surface area contributed by atoms with Crippen LogP contribution in [0.15, 0.2) is 5.38 Å². The molecule has 4 nitrogen and oxygen atoms in total. The van der Waals surface area contributed by atoms with E-state index in [2.05, 4.69) is 4.98 Å². The van der Waals surface area contributed by atoms with Gasteiger partial charge in [0.2, 0.25) is 5.91 Å². The molecule has 2 N–H and O–H groups in total. The van der Waals surface area contributed by atoms with Gasteiger partial charge in [-0.05, 0) is 13.8 Å². The molecule has 0 aliphatic carbocycles. The normalized spacial score (nSPS) is 26.3. The second-order valence-electron chi connectivity index (χ2n) is 3.78. The number of likely N-dealkylation sites (tertiary alicyclic amines) is 1. The number of carbonyl (C=O) groups excluding carboxylic acids is 1. The molecule has 1 aromatic heterocycles. The predicted octanol–water partition coefficient (Wildman–Crippen LogP) is 1.07. The molecular formula is C10H15N3OS. The van der Waals surface area contributed by atoms with Gasteiger partial charge in [0.25, 0.3) is 0 Å². The molecule has 2 heterocycles. The largest absolute Gasteiger partial charge is 0.333 e. The number of carbonyl (C=O) groups is 1. The Hall–Kier alpha value is -0.940. The molecule has 15 heavy (non-hydrogen) atoms. The molecule has 1 amide bonds. The average Bonchev–Trinajstić information content (AvgIpc) is 2.70. The molecule has 0 saturated carbocycles. The molecule has 82 valence electrons. The SMILES string of the molecule is CCN1C(=O)C[C@H](N)[C@H]1c1csc(C)n1. The highest BCUT2D eigenvalue weighted by Crippen LogP contribution is 2.32. The van der Waals surface area contributed by atoms with Crippen LogP contribution in [0.25, 0.3) is 0 Å². The van der Waals surface area contributed by atoms with Gasteiger partial charge >= 0.3 is 0 Å². The maximum atomic E-state index is 11.6. The van der Waals surface area contributed by atoms with Crippen LogP contribution in [0.5, 0.6) is 0 Å². The van der Waals surface area contributed by atoms with Crippen molar-refractivity contribution in [2.24, 2.45) is 5.73 Å². The van der Waals surface area contributed by atoms with Gasteiger partial charge in [0.1, 0.15) is 0 Å². The molecule has 5 heteroatoms. The summed E-state index contributed by atoms with van der Waals surface area (Å²) in [6.07, 6.45) is 0.440. The van der Waals surface area contributed by atoms with Gasteiger partial charge in [-0.1, -0.05) is 0 Å². The van der Waals surface area contributed by atoms with E-state index in [1.807, 2.05) is 24.1 Å². The van der Waals surface area contributed by atoms with Crippen LogP contribution in [-0.2, 0) is 4.79 Å². The molecule has 1 aliphatic heterocycles. The lowest BCUT2D eigenvalue weighted by Crippen LogP contribution is -2.33. The van der Waals surface area contributed by atoms with Gasteiger partial charge < -0.3 is 10.6 Å². The molecule has 1 aromatic rings. The Morgan fingerprint density at radius 1 is 1.73 bits per heavy atom. The highest BCUT2D eigenvalue weighted by atomic mass is 32.1. The topological polar surface area (TPSA) is 59.2 Å². The summed E-state index contributed by atoms with van der Waals surface area (Å²) in [5.74, 6) is 0.139. The second-order valence-corrected chi connectivity index (χ2v) is 4.85. The van der Waals surface area contributed by atoms with Crippen LogP contribution >= 0.6 is 11.3 Å². The highest BCUT2D eigenvalue weighted by molar-refractivity contribution is 7.09. The highest BCUT2D eigenvalue weighted by Gasteiger charge is 2.38. The summed E-state index contributed by atoms with van der Waals surface area (Å²) >= 11 is 1.60. The van der Waals surface area contributed by atoms with E-state index >= 15 is 0 Å². The summed E-state index contributed by atoms with van der Waals surface area (Å²) in [5, 5.41) is 3.02. The smallest absolute Gasteiger partial charge is 0.224 e. The fourth-order valence-corrected chi connectivity index (χ4v) is 2.73. The zero-order valence-electron chi connectivity index (χ0n) is 8.93. The number of rotatable bonds is 2. The minimum atomic E-state index is -0.112. The maximum absolute atomic E-state index is 11.6. The zero-order chi connectivity index (χ0) is 11.0. The third-order valence-corrected chi connectivity index (χ3v) is 3.54. The van der Waals surface area contributed by atoms with Crippen molar-refractivity contribution in [1.29, 1.82) is 0 Å². The van der Waals surface area contributed by atoms with Crippen LogP contribution in [0.1, 0.15) is 30.1 Å². The fourth-order valence-electron chi connectivity index (χ4n) is 2.08. The Labute approximate surface area is 93.1 Å². The Morgan fingerprint density at radius 2 is 2.47 bits per heavy atom. The van der Waals surface area contributed by atoms with Gasteiger partial charge in [-0.25, -0.2) is 4.98 Å². The number of aromatic nitrogens is 1. The summed E-state index contributed by atoms with van der Waals surface area (Å²) in [6.45, 7) is 4.64. The predicted molar refractivity (Wildman–Crippen MR) is 59.6 cm³/mol. The number of nitrogens with two attached hydrogens (primary N) is 1. The van der Waals surface area contributed by atoms with Crippen LogP contribution in [0, 0.1) is 6.92 Å². The first-order valence-corrected chi connectivity index (χ1v) is 5.98. The number of hydrogen-bond acceptors (Lipinski definition) is 4. The van der Waals surface area contributed by atoms with E-state index in [0.29, 0.717) is 13.0 Å². The van der Waals surface area contributed by atoms with E-state index in [0.717, 1.165) is 10.7 Å². The summed E-state index contributed by atoms with van der Waals surface area (Å²) in [6, 6.07) is -0.133. The first-order chi connectivity index (χ1) is 7.13. The van der Waals surface area contributed by atoms with Gasteiger partial charge in [0.05, 0.1) is 16.7 Å². The van der Waals surface area contributed by atoms with E-state index < -0.39 is 0 Å². The van der Waals surface area contributed by atoms with Crippen molar-refractivity contribution in [2.75, 3.05) is 6.54 Å². The lowest BCUT2D eigenvalue weighted by Gasteiger charge is -2.23. The maximum Gasteiger partial charge on any atom is 0.224 e. The van der Waals surface area contributed by atoms with E-state index in [1.54, 1.807) is 11.3 Å². The molecule has 1 saturated heterocycles. The molecule has 0 aromatic carbocycles. The standard InChI is InChI=1S/C10H15N3OS/c1-3-13-9(14)4-7(11)10(13)8-5-15-6(2)12-8/h5,7,10H,3-4,11H2,1-2H3/t7-,10-/m0/s1. The van der Waals surface area contributed by atoms with Crippen LogP contribution in [-0.4, -0.2) is 28.4 Å². The first-order valence-electron chi connectivity index (χ1n) is 5.10. The Kier molecular flexibility index (Phi) is 2.75. The van der Waals surface area contributed by atoms with E-state index in [-0.39, 0.29) is 18.0 Å². The molecule has 2 rings (SSSR count). The van der Waals surface area contributed by atoms with Gasteiger partial charge in [-0.15, -0.1) is 11.3 Å². The van der Waals surface area contributed by atoms with Crippen LogP contribution < -0.4 is 5.73 Å². The second kappa shape index (κ2) is 3.90. The third kappa shape index (κ3) is 1.77. The van der Waals surface area contributed by atoms with E-state index in [1.165, 1.54) is 0 Å². The van der Waals surface area contributed by atoms with Crippen molar-refractivity contribution < 1.29 is 4.79 Å². The minimum absolute atomic E-state index is 0.0209. The number of likely N-dealkylation sites (N-methyl/N-ethyl adjacent to an activating group) is 1. The van der Waals surface area contributed by atoms with Gasteiger partial charge in [-0.3, -0.25) is 4.79 Å². The lowest BCUT2D eigenvalue weighted by atomic mass is 10.1. The lowest BCUT2D eigenvalue weighted by molar-refractivity contribution is -0.128. The van der Waals surface area contributed by atoms with E-state index in [4.69, 9.17) is 5.73 Å². The van der Waals surface area contributed by atoms with Crippen LogP contribution in [0.2, 0.25) is 0 Å². The fraction of sp³-hybridized carbons (Fsp3) is 0.600. The van der Waals surface area contributed by atoms with Crippen molar-refractivity contribution in [1.82, 2.24) is 9.88 Å². The van der Waals surface area contributed by atoms with Crippen LogP contribution in [0.3, 0.4) is 0 Å². The molecule has 0 unspecified atom stereocenters. The Bertz CT molecular complexity index is 376. The van der Waals surface area contributed by atoms with Crippen molar-refractivity contribution in [3.05, 3.63) is 16.1 Å². The zero-order valence-corrected chi connectivity index (χ0v) is 9.75. The number of thiazole rings is 1. The quantitative estimate of drug-likeness (QED) is 0.819. The molecule has 0 bridgehead atoms. The number of amides is 1. The van der Waals surface area contributed by atoms with Gasteiger partial charge in [0, 0.05) is 24.4 Å². The summed E-state index contributed by atoms with van der Waals surface area (Å²) < 4.78 is 0. The van der Waals surface area contributed by atoms with Gasteiger partial charge in [-0.2, -0.15) is 0 Å². The molecule has 2 atom stereocenters. The Balaban J connectivity index is 2.30. The van der Waals surface area contributed by atoms with Crippen LogP contribution in [0.4, 0.5) is 0 Å². The molecule has 0 spiro atoms. The minimum Gasteiger partial charge on any atom is -0.333 e. The third-order valence-electron chi connectivity index (χ3n) is 2.75. The summed E-state index contributed by atoms with van der Waals surface area (Å²) in [4.78, 5) is 17.9. The van der Waals surface area contributed by atoms with Crippen molar-refractivity contribution >= 4 is 17.2 Å². The Morgan fingerprint density at radius 3 is 3.00 bits per heavy atom. The number of hydrogen-bond donors (Lipinski definition) is 1. The summed E-state index contributed by atoms with van der Waals surface area (Å²) in [5.41, 5.74) is 6.92. The monoisotopic (exact) mass is 225 g/mol. The molecule has 1 fully saturated rings. The van der Waals surface area contributed by atoms with Crippen molar-refractivity contribution in [3.8, 4) is 0 Å². The summed E-state index contributed by atoms with van der Waals surface area (Å²) in [7, 11) is 0. The number of nitrogens with zero attached hydrogens (tertiary/aromatic N) is 2.